The van der Waals surface area contributed by atoms with Crippen molar-refractivity contribution in [2.24, 2.45) is 4.99 Å². The molecule has 2 aromatic carbocycles. The molecule has 1 aliphatic heterocycles. The fraction of sp³-hybridized carbons (Fsp3) is 0.292. The highest BCUT2D eigenvalue weighted by Crippen LogP contribution is 2.33. The number of fused-ring (bicyclic) bond motifs is 1. The van der Waals surface area contributed by atoms with Crippen molar-refractivity contribution < 1.29 is 14.0 Å². The first-order chi connectivity index (χ1) is 14.5. The molecular formula is C24H23FN2O2S. The lowest BCUT2D eigenvalue weighted by Gasteiger charge is -2.16. The van der Waals surface area contributed by atoms with Crippen molar-refractivity contribution in [3.8, 4) is 0 Å². The van der Waals surface area contributed by atoms with E-state index in [9.17, 15) is 14.0 Å². The molecule has 0 radical (unpaired) electrons. The number of aryl methyl sites for hydroxylation is 2. The molecule has 0 bridgehead atoms. The zero-order valence-corrected chi connectivity index (χ0v) is 17.5. The molecule has 0 spiro atoms. The fourth-order valence-corrected chi connectivity index (χ4v) is 5.01. The number of aliphatic imine (C=N–C) groups is 1. The van der Waals surface area contributed by atoms with E-state index in [4.69, 9.17) is 0 Å². The number of Topliss-reactive ketones (excluding diaryl/α,β-unsaturated/α-hetero) is 1. The van der Waals surface area contributed by atoms with Gasteiger partial charge < -0.3 is 0 Å². The van der Waals surface area contributed by atoms with E-state index < -0.39 is 5.25 Å². The van der Waals surface area contributed by atoms with Gasteiger partial charge in [0.25, 0.3) is 0 Å². The van der Waals surface area contributed by atoms with E-state index in [1.165, 1.54) is 46.3 Å². The van der Waals surface area contributed by atoms with Crippen LogP contribution in [0.25, 0.3) is 0 Å². The van der Waals surface area contributed by atoms with Crippen molar-refractivity contribution in [2.75, 3.05) is 6.54 Å². The maximum Gasteiger partial charge on any atom is 0.242 e. The third kappa shape index (κ3) is 4.38. The van der Waals surface area contributed by atoms with Crippen LogP contribution in [0.3, 0.4) is 0 Å². The van der Waals surface area contributed by atoms with Crippen LogP contribution < -0.4 is 0 Å². The molecule has 2 aromatic rings. The monoisotopic (exact) mass is 422 g/mol. The number of halogens is 1. The molecule has 1 unspecified atom stereocenters. The van der Waals surface area contributed by atoms with Crippen LogP contribution >= 0.6 is 11.8 Å². The Bertz CT molecular complexity index is 1020. The van der Waals surface area contributed by atoms with Gasteiger partial charge in [0.05, 0.1) is 10.9 Å². The van der Waals surface area contributed by atoms with Crippen molar-refractivity contribution in [2.45, 2.75) is 37.4 Å². The van der Waals surface area contributed by atoms with Crippen LogP contribution in [0.15, 0.2) is 60.1 Å². The number of ketones is 1. The summed E-state index contributed by atoms with van der Waals surface area (Å²) in [5.41, 5.74) is 3.81. The number of benzene rings is 2. The van der Waals surface area contributed by atoms with Crippen molar-refractivity contribution in [1.82, 2.24) is 4.90 Å². The van der Waals surface area contributed by atoms with E-state index in [1.54, 1.807) is 18.2 Å². The van der Waals surface area contributed by atoms with Crippen molar-refractivity contribution in [3.63, 3.8) is 0 Å². The fourth-order valence-electron chi connectivity index (χ4n) is 3.84. The summed E-state index contributed by atoms with van der Waals surface area (Å²) >= 11 is 1.28. The number of rotatable bonds is 6. The molecule has 1 saturated heterocycles. The molecule has 1 heterocycles. The molecule has 0 saturated carbocycles. The average Bonchev–Trinajstić information content (AvgIpc) is 3.04. The second-order valence-electron chi connectivity index (χ2n) is 7.53. The molecular weight excluding hydrogens is 399 g/mol. The third-order valence-corrected chi connectivity index (χ3v) is 6.60. The summed E-state index contributed by atoms with van der Waals surface area (Å²) in [6, 6.07) is 11.7. The van der Waals surface area contributed by atoms with Crippen LogP contribution in [0.4, 0.5) is 10.1 Å². The van der Waals surface area contributed by atoms with Gasteiger partial charge in [0, 0.05) is 18.5 Å². The van der Waals surface area contributed by atoms with E-state index in [0.29, 0.717) is 23.0 Å². The Balaban J connectivity index is 1.52. The van der Waals surface area contributed by atoms with Crippen molar-refractivity contribution in [3.05, 3.63) is 77.6 Å². The smallest absolute Gasteiger partial charge is 0.242 e. The first-order valence-corrected chi connectivity index (χ1v) is 11.0. The molecule has 0 aromatic heterocycles. The van der Waals surface area contributed by atoms with E-state index >= 15 is 0 Å². The molecule has 4 nitrogen and oxygen atoms in total. The van der Waals surface area contributed by atoms with Gasteiger partial charge in [-0.25, -0.2) is 9.38 Å². The predicted octanol–water partition coefficient (Wildman–Crippen LogP) is 5.10. The summed E-state index contributed by atoms with van der Waals surface area (Å²) in [4.78, 5) is 31.9. The van der Waals surface area contributed by atoms with Gasteiger partial charge in [-0.15, -0.1) is 6.58 Å². The highest BCUT2D eigenvalue weighted by atomic mass is 32.2. The molecule has 154 valence electrons. The summed E-state index contributed by atoms with van der Waals surface area (Å²) in [7, 11) is 0. The van der Waals surface area contributed by atoms with E-state index in [0.717, 1.165) is 19.3 Å². The van der Waals surface area contributed by atoms with Gasteiger partial charge in [-0.2, -0.15) is 0 Å². The summed E-state index contributed by atoms with van der Waals surface area (Å²) in [6.07, 6.45) is 6.18. The number of carbonyl (C=O) groups excluding carboxylic acids is 2. The molecule has 4 rings (SSSR count). The van der Waals surface area contributed by atoms with Crippen LogP contribution in [0.1, 0.15) is 40.7 Å². The minimum Gasteiger partial charge on any atom is -0.294 e. The van der Waals surface area contributed by atoms with Crippen molar-refractivity contribution >= 4 is 34.3 Å². The summed E-state index contributed by atoms with van der Waals surface area (Å²) in [5, 5.41) is -0.0116. The summed E-state index contributed by atoms with van der Waals surface area (Å²) in [5.74, 6) is -0.520. The van der Waals surface area contributed by atoms with E-state index in [-0.39, 0.29) is 23.9 Å². The molecule has 1 aliphatic carbocycles. The van der Waals surface area contributed by atoms with Gasteiger partial charge in [-0.1, -0.05) is 30.0 Å². The number of hydrogen-bond donors (Lipinski definition) is 0. The minimum atomic E-state index is -0.521. The minimum absolute atomic E-state index is 0.0317. The maximum absolute atomic E-state index is 13.2. The number of hydrogen-bond acceptors (Lipinski definition) is 4. The molecule has 6 heteroatoms. The maximum atomic E-state index is 13.2. The number of carbonyl (C=O) groups is 2. The Morgan fingerprint density at radius 1 is 1.17 bits per heavy atom. The Kier molecular flexibility index (Phi) is 6.13. The zero-order chi connectivity index (χ0) is 21.1. The number of nitrogens with zero attached hydrogens (tertiary/aromatic N) is 2. The van der Waals surface area contributed by atoms with Crippen LogP contribution in [-0.4, -0.2) is 33.6 Å². The second kappa shape index (κ2) is 8.96. The van der Waals surface area contributed by atoms with Crippen LogP contribution in [-0.2, 0) is 17.6 Å². The van der Waals surface area contributed by atoms with Gasteiger partial charge in [0.1, 0.15) is 5.82 Å². The van der Waals surface area contributed by atoms with Crippen molar-refractivity contribution in [1.29, 1.82) is 0 Å². The lowest BCUT2D eigenvalue weighted by Crippen LogP contribution is -2.32. The predicted molar refractivity (Wildman–Crippen MR) is 119 cm³/mol. The highest BCUT2D eigenvalue weighted by Gasteiger charge is 2.38. The summed E-state index contributed by atoms with van der Waals surface area (Å²) < 4.78 is 13.2. The lowest BCUT2D eigenvalue weighted by molar-refractivity contribution is -0.125. The number of thioether (sulfide) groups is 1. The Morgan fingerprint density at radius 2 is 1.90 bits per heavy atom. The first kappa shape index (κ1) is 20.5. The second-order valence-corrected chi connectivity index (χ2v) is 8.70. The van der Waals surface area contributed by atoms with Gasteiger partial charge in [0.15, 0.2) is 11.0 Å². The Labute approximate surface area is 179 Å². The first-order valence-electron chi connectivity index (χ1n) is 10.1. The third-order valence-electron chi connectivity index (χ3n) is 5.42. The molecule has 0 N–H and O–H groups in total. The SMILES string of the molecule is C=CCN1C(=O)C(CC(=O)c2ccc3c(c2)CCCC3)SC1=Nc1ccc(F)cc1. The van der Waals surface area contributed by atoms with Gasteiger partial charge in [-0.3, -0.25) is 14.5 Å². The Morgan fingerprint density at radius 3 is 2.63 bits per heavy atom. The molecule has 2 aliphatic rings. The molecule has 1 amide bonds. The molecule has 1 fully saturated rings. The van der Waals surface area contributed by atoms with Gasteiger partial charge in [0.2, 0.25) is 5.91 Å². The number of amidine groups is 1. The highest BCUT2D eigenvalue weighted by molar-refractivity contribution is 8.15. The van der Waals surface area contributed by atoms with Gasteiger partial charge in [-0.05, 0) is 67.1 Å². The van der Waals surface area contributed by atoms with E-state index in [2.05, 4.69) is 17.6 Å². The largest absolute Gasteiger partial charge is 0.294 e. The van der Waals surface area contributed by atoms with Crippen LogP contribution in [0.5, 0.6) is 0 Å². The summed E-state index contributed by atoms with van der Waals surface area (Å²) in [6.45, 7) is 4.03. The quantitative estimate of drug-likeness (QED) is 0.481. The standard InChI is InChI=1S/C24H23FN2O2S/c1-2-13-27-23(29)22(30-24(27)26-20-11-9-19(25)10-12-20)15-21(28)18-8-7-16-5-3-4-6-17(16)14-18/h2,7-12,14,22H,1,3-6,13,15H2. The lowest BCUT2D eigenvalue weighted by atomic mass is 9.89. The van der Waals surface area contributed by atoms with Gasteiger partial charge >= 0.3 is 0 Å². The normalized spacial score (nSPS) is 19.8. The number of amides is 1. The van der Waals surface area contributed by atoms with E-state index in [1.807, 2.05) is 12.1 Å². The Hall–Kier alpha value is -2.73. The molecule has 1 atom stereocenters. The topological polar surface area (TPSA) is 49.7 Å². The van der Waals surface area contributed by atoms with Crippen LogP contribution in [0.2, 0.25) is 0 Å². The molecule has 30 heavy (non-hydrogen) atoms. The van der Waals surface area contributed by atoms with Crippen LogP contribution in [0, 0.1) is 5.82 Å². The average molecular weight is 423 g/mol. The zero-order valence-electron chi connectivity index (χ0n) is 16.6.